The molecule has 1 atom stereocenters. The molecule has 8 heteroatoms. The van der Waals surface area contributed by atoms with Crippen LogP contribution in [0.4, 0.5) is 5.69 Å². The van der Waals surface area contributed by atoms with E-state index in [0.29, 0.717) is 16.3 Å². The summed E-state index contributed by atoms with van der Waals surface area (Å²) in [5, 5.41) is 8.06. The Bertz CT molecular complexity index is 862. The van der Waals surface area contributed by atoms with Gasteiger partial charge in [-0.25, -0.2) is 13.6 Å². The van der Waals surface area contributed by atoms with Gasteiger partial charge in [-0.1, -0.05) is 11.6 Å². The van der Waals surface area contributed by atoms with E-state index in [0.717, 1.165) is 0 Å². The molecule has 0 aromatic heterocycles. The number of ketones is 1. The molecule has 24 heavy (non-hydrogen) atoms. The van der Waals surface area contributed by atoms with Crippen LogP contribution >= 0.6 is 11.6 Å². The van der Waals surface area contributed by atoms with Gasteiger partial charge in [-0.05, 0) is 55.5 Å². The van der Waals surface area contributed by atoms with Crippen LogP contribution in [0.1, 0.15) is 17.3 Å². The number of carbonyl (C=O) groups is 2. The third kappa shape index (κ3) is 4.41. The number of nitrogens with two attached hydrogens (primary N) is 1. The number of hydrogen-bond donors (Lipinski definition) is 2. The monoisotopic (exact) mass is 366 g/mol. The van der Waals surface area contributed by atoms with E-state index in [1.165, 1.54) is 31.2 Å². The SMILES string of the molecule is CC(C(=O)Nc1ccc(S(N)(=O)=O)cc1)C(=O)c1ccc(Cl)cc1. The molecule has 0 aliphatic carbocycles. The van der Waals surface area contributed by atoms with E-state index < -0.39 is 21.8 Å². The van der Waals surface area contributed by atoms with E-state index in [1.807, 2.05) is 0 Å². The molecule has 0 radical (unpaired) electrons. The molecule has 1 unspecified atom stereocenters. The second-order valence-electron chi connectivity index (χ2n) is 5.15. The summed E-state index contributed by atoms with van der Waals surface area (Å²) in [5.41, 5.74) is 0.745. The number of halogens is 1. The van der Waals surface area contributed by atoms with Crippen LogP contribution in [0.15, 0.2) is 53.4 Å². The summed E-state index contributed by atoms with van der Waals surface area (Å²) in [6, 6.07) is 11.6. The van der Waals surface area contributed by atoms with Crippen LogP contribution in [0.5, 0.6) is 0 Å². The summed E-state index contributed by atoms with van der Waals surface area (Å²) in [5.74, 6) is -1.76. The maximum Gasteiger partial charge on any atom is 0.238 e. The Hall–Kier alpha value is -2.22. The minimum atomic E-state index is -3.79. The molecule has 0 fully saturated rings. The van der Waals surface area contributed by atoms with Crippen LogP contribution in [-0.4, -0.2) is 20.1 Å². The third-order valence-electron chi connectivity index (χ3n) is 3.37. The minimum absolute atomic E-state index is 0.0641. The van der Waals surface area contributed by atoms with Gasteiger partial charge in [-0.2, -0.15) is 0 Å². The maximum absolute atomic E-state index is 12.3. The topological polar surface area (TPSA) is 106 Å². The Morgan fingerprint density at radius 1 is 1.04 bits per heavy atom. The van der Waals surface area contributed by atoms with Crippen molar-refractivity contribution in [1.82, 2.24) is 0 Å². The largest absolute Gasteiger partial charge is 0.325 e. The number of nitrogens with one attached hydrogen (secondary N) is 1. The van der Waals surface area contributed by atoms with Crippen molar-refractivity contribution in [2.75, 3.05) is 5.32 Å². The second-order valence-corrected chi connectivity index (χ2v) is 7.15. The zero-order chi connectivity index (χ0) is 17.9. The van der Waals surface area contributed by atoms with Gasteiger partial charge >= 0.3 is 0 Å². The lowest BCUT2D eigenvalue weighted by molar-refractivity contribution is -0.118. The van der Waals surface area contributed by atoms with Crippen molar-refractivity contribution < 1.29 is 18.0 Å². The third-order valence-corrected chi connectivity index (χ3v) is 4.55. The first-order chi connectivity index (χ1) is 11.2. The first-order valence-electron chi connectivity index (χ1n) is 6.92. The van der Waals surface area contributed by atoms with Crippen molar-refractivity contribution in [2.45, 2.75) is 11.8 Å². The molecule has 6 nitrogen and oxygen atoms in total. The summed E-state index contributed by atoms with van der Waals surface area (Å²) in [6.45, 7) is 1.49. The van der Waals surface area contributed by atoms with Gasteiger partial charge in [0.25, 0.3) is 0 Å². The Balaban J connectivity index is 2.08. The van der Waals surface area contributed by atoms with E-state index in [1.54, 1.807) is 24.3 Å². The molecule has 2 rings (SSSR count). The molecule has 0 saturated carbocycles. The number of anilines is 1. The fourth-order valence-electron chi connectivity index (χ4n) is 1.96. The highest BCUT2D eigenvalue weighted by Crippen LogP contribution is 2.17. The molecule has 2 aromatic rings. The normalized spacial score (nSPS) is 12.5. The standard InChI is InChI=1S/C16H15ClN2O4S/c1-10(15(20)11-2-4-12(17)5-3-11)16(21)19-13-6-8-14(9-7-13)24(18,22)23/h2-10H,1H3,(H,19,21)(H2,18,22,23). The van der Waals surface area contributed by atoms with Gasteiger partial charge in [0.2, 0.25) is 15.9 Å². The van der Waals surface area contributed by atoms with Gasteiger partial charge in [0.15, 0.2) is 5.78 Å². The molecular weight excluding hydrogens is 352 g/mol. The molecule has 0 aliphatic heterocycles. The van der Waals surface area contributed by atoms with Crippen molar-refractivity contribution >= 4 is 39.0 Å². The zero-order valence-electron chi connectivity index (χ0n) is 12.7. The van der Waals surface area contributed by atoms with Crippen LogP contribution in [-0.2, 0) is 14.8 Å². The molecule has 0 bridgehead atoms. The molecule has 0 heterocycles. The lowest BCUT2D eigenvalue weighted by Crippen LogP contribution is -2.27. The molecule has 3 N–H and O–H groups in total. The number of Topliss-reactive ketones (excluding diaryl/α,β-unsaturated/α-hetero) is 1. The maximum atomic E-state index is 12.3. The highest BCUT2D eigenvalue weighted by atomic mass is 35.5. The van der Waals surface area contributed by atoms with Gasteiger partial charge in [-0.15, -0.1) is 0 Å². The summed E-state index contributed by atoms with van der Waals surface area (Å²) in [4.78, 5) is 24.4. The number of hydrogen-bond acceptors (Lipinski definition) is 4. The molecule has 2 aromatic carbocycles. The van der Waals surface area contributed by atoms with Gasteiger partial charge in [0.1, 0.15) is 0 Å². The average Bonchev–Trinajstić information content (AvgIpc) is 2.54. The number of carbonyl (C=O) groups excluding carboxylic acids is 2. The van der Waals surface area contributed by atoms with Crippen LogP contribution < -0.4 is 10.5 Å². The quantitative estimate of drug-likeness (QED) is 0.626. The zero-order valence-corrected chi connectivity index (χ0v) is 14.3. The number of sulfonamides is 1. The van der Waals surface area contributed by atoms with Crippen LogP contribution in [0.3, 0.4) is 0 Å². The van der Waals surface area contributed by atoms with Gasteiger partial charge in [-0.3, -0.25) is 9.59 Å². The first kappa shape index (κ1) is 18.1. The lowest BCUT2D eigenvalue weighted by Gasteiger charge is -2.12. The smallest absolute Gasteiger partial charge is 0.238 e. The van der Waals surface area contributed by atoms with Crippen LogP contribution in [0, 0.1) is 5.92 Å². The Morgan fingerprint density at radius 2 is 1.58 bits per heavy atom. The molecular formula is C16H15ClN2O4S. The highest BCUT2D eigenvalue weighted by molar-refractivity contribution is 7.89. The summed E-state index contributed by atoms with van der Waals surface area (Å²) in [7, 11) is -3.79. The Kier molecular flexibility index (Phi) is 5.38. The van der Waals surface area contributed by atoms with E-state index in [9.17, 15) is 18.0 Å². The van der Waals surface area contributed by atoms with Gasteiger partial charge < -0.3 is 5.32 Å². The van der Waals surface area contributed by atoms with Crippen molar-refractivity contribution in [1.29, 1.82) is 0 Å². The molecule has 126 valence electrons. The second kappa shape index (κ2) is 7.12. The number of rotatable bonds is 5. The Morgan fingerprint density at radius 3 is 2.08 bits per heavy atom. The summed E-state index contributed by atoms with van der Waals surface area (Å²) in [6.07, 6.45) is 0. The predicted octanol–water partition coefficient (Wildman–Crippen LogP) is 2.44. The fourth-order valence-corrected chi connectivity index (χ4v) is 2.60. The van der Waals surface area contributed by atoms with Crippen molar-refractivity contribution in [3.8, 4) is 0 Å². The summed E-state index contributed by atoms with van der Waals surface area (Å²) < 4.78 is 22.4. The van der Waals surface area contributed by atoms with Crippen molar-refractivity contribution in [3.05, 3.63) is 59.1 Å². The summed E-state index contributed by atoms with van der Waals surface area (Å²) >= 11 is 5.77. The minimum Gasteiger partial charge on any atom is -0.325 e. The molecule has 0 aliphatic rings. The number of primary sulfonamides is 1. The molecule has 1 amide bonds. The number of amides is 1. The Labute approximate surface area is 144 Å². The highest BCUT2D eigenvalue weighted by Gasteiger charge is 2.23. The fraction of sp³-hybridized carbons (Fsp3) is 0.125. The molecule has 0 saturated heterocycles. The van der Waals surface area contributed by atoms with Crippen molar-refractivity contribution in [3.63, 3.8) is 0 Å². The first-order valence-corrected chi connectivity index (χ1v) is 8.84. The van der Waals surface area contributed by atoms with E-state index in [2.05, 4.69) is 5.32 Å². The van der Waals surface area contributed by atoms with E-state index >= 15 is 0 Å². The van der Waals surface area contributed by atoms with Gasteiger partial charge in [0.05, 0.1) is 10.8 Å². The number of benzene rings is 2. The van der Waals surface area contributed by atoms with Gasteiger partial charge in [0, 0.05) is 16.3 Å². The van der Waals surface area contributed by atoms with E-state index in [-0.39, 0.29) is 10.7 Å². The van der Waals surface area contributed by atoms with Crippen LogP contribution in [0.2, 0.25) is 5.02 Å². The van der Waals surface area contributed by atoms with Crippen LogP contribution in [0.25, 0.3) is 0 Å². The molecule has 0 spiro atoms. The van der Waals surface area contributed by atoms with E-state index in [4.69, 9.17) is 16.7 Å². The lowest BCUT2D eigenvalue weighted by atomic mass is 9.98. The van der Waals surface area contributed by atoms with Crippen molar-refractivity contribution in [2.24, 2.45) is 11.1 Å². The average molecular weight is 367 g/mol. The predicted molar refractivity (Wildman–Crippen MR) is 91.4 cm³/mol.